The average Bonchev–Trinajstić information content (AvgIpc) is 3.28. The second-order valence-electron chi connectivity index (χ2n) is 7.61. The molecule has 4 aliphatic rings. The number of fused-ring (bicyclic) bond motifs is 2. The minimum Gasteiger partial charge on any atom is -0.298 e. The van der Waals surface area contributed by atoms with E-state index in [1.807, 2.05) is 0 Å². The van der Waals surface area contributed by atoms with E-state index in [-0.39, 0.29) is 5.92 Å². The zero-order valence-electron chi connectivity index (χ0n) is 14.1. The van der Waals surface area contributed by atoms with Crippen LogP contribution in [0.25, 0.3) is 0 Å². The molecule has 0 amide bonds. The molecule has 0 radical (unpaired) electrons. The lowest BCUT2D eigenvalue weighted by Crippen LogP contribution is -2.60. The molecule has 4 fully saturated rings. The number of rotatable bonds is 3. The molecule has 0 unspecified atom stereocenters. The standard InChI is InChI=1S/C20H22F2N2S/c21-17-5-1-4-15(18(17)22)16-12-24(11-14-3-2-10-25-14)19-13-6-8-23(9-7-13)20(16)19/h1-5,10,13,16,19-20H,6-9,11-12H2/t16-,19+,20+/m0/s1. The van der Waals surface area contributed by atoms with E-state index in [4.69, 9.17) is 0 Å². The molecule has 4 saturated heterocycles. The molecule has 0 spiro atoms. The molecule has 0 saturated carbocycles. The van der Waals surface area contributed by atoms with Gasteiger partial charge in [-0.25, -0.2) is 8.78 Å². The Morgan fingerprint density at radius 3 is 2.64 bits per heavy atom. The Morgan fingerprint density at radius 1 is 1.04 bits per heavy atom. The zero-order valence-corrected chi connectivity index (χ0v) is 14.9. The summed E-state index contributed by atoms with van der Waals surface area (Å²) in [6, 6.07) is 9.73. The highest BCUT2D eigenvalue weighted by Crippen LogP contribution is 2.47. The summed E-state index contributed by atoms with van der Waals surface area (Å²) in [6.45, 7) is 3.95. The van der Waals surface area contributed by atoms with Crippen molar-refractivity contribution in [2.75, 3.05) is 19.6 Å². The highest BCUT2D eigenvalue weighted by molar-refractivity contribution is 7.09. The average molecular weight is 360 g/mol. The fourth-order valence-corrected chi connectivity index (χ4v) is 6.13. The van der Waals surface area contributed by atoms with Crippen LogP contribution in [0.1, 0.15) is 29.2 Å². The van der Waals surface area contributed by atoms with Crippen molar-refractivity contribution in [3.63, 3.8) is 0 Å². The van der Waals surface area contributed by atoms with Gasteiger partial charge >= 0.3 is 0 Å². The Hall–Kier alpha value is -1.30. The Kier molecular flexibility index (Phi) is 3.91. The molecule has 25 heavy (non-hydrogen) atoms. The third-order valence-electron chi connectivity index (χ3n) is 6.41. The van der Waals surface area contributed by atoms with Crippen LogP contribution in [0.5, 0.6) is 0 Å². The number of likely N-dealkylation sites (tertiary alicyclic amines) is 1. The van der Waals surface area contributed by atoms with Gasteiger partial charge in [-0.1, -0.05) is 18.2 Å². The molecule has 6 rings (SSSR count). The van der Waals surface area contributed by atoms with Crippen LogP contribution in [0, 0.1) is 17.6 Å². The van der Waals surface area contributed by atoms with Crippen molar-refractivity contribution in [3.8, 4) is 0 Å². The van der Waals surface area contributed by atoms with Gasteiger partial charge < -0.3 is 0 Å². The summed E-state index contributed by atoms with van der Waals surface area (Å²) in [5.41, 5.74) is 0.566. The maximum absolute atomic E-state index is 14.5. The molecular weight excluding hydrogens is 338 g/mol. The minimum atomic E-state index is -0.721. The number of halogens is 2. The molecule has 1 aromatic carbocycles. The molecule has 2 bridgehead atoms. The highest BCUT2D eigenvalue weighted by Gasteiger charge is 2.53. The van der Waals surface area contributed by atoms with E-state index in [2.05, 4.69) is 27.3 Å². The van der Waals surface area contributed by atoms with Gasteiger partial charge in [0.15, 0.2) is 11.6 Å². The summed E-state index contributed by atoms with van der Waals surface area (Å²) < 4.78 is 28.4. The lowest BCUT2D eigenvalue weighted by atomic mass is 9.75. The van der Waals surface area contributed by atoms with Crippen molar-refractivity contribution in [2.45, 2.75) is 37.4 Å². The second kappa shape index (κ2) is 6.15. The SMILES string of the molecule is Fc1cccc([C@@H]2CN(Cc3cccs3)[C@@H]3C4CCN(CC4)[C@@H]32)c1F. The third-order valence-corrected chi connectivity index (χ3v) is 7.27. The summed E-state index contributed by atoms with van der Waals surface area (Å²) in [7, 11) is 0. The van der Waals surface area contributed by atoms with Crippen molar-refractivity contribution in [3.05, 3.63) is 57.8 Å². The molecule has 3 atom stereocenters. The van der Waals surface area contributed by atoms with E-state index in [9.17, 15) is 8.78 Å². The lowest BCUT2D eigenvalue weighted by molar-refractivity contribution is -0.00863. The quantitative estimate of drug-likeness (QED) is 0.813. The largest absolute Gasteiger partial charge is 0.298 e. The second-order valence-corrected chi connectivity index (χ2v) is 8.65. The van der Waals surface area contributed by atoms with Gasteiger partial charge in [-0.3, -0.25) is 9.80 Å². The van der Waals surface area contributed by atoms with E-state index in [0.717, 1.165) is 26.2 Å². The van der Waals surface area contributed by atoms with Crippen LogP contribution < -0.4 is 0 Å². The molecule has 0 aliphatic carbocycles. The van der Waals surface area contributed by atoms with Gasteiger partial charge in [0.05, 0.1) is 0 Å². The van der Waals surface area contributed by atoms with Gasteiger partial charge in [0.25, 0.3) is 0 Å². The van der Waals surface area contributed by atoms with Crippen LogP contribution in [0.2, 0.25) is 0 Å². The van der Waals surface area contributed by atoms with Gasteiger partial charge in [-0.2, -0.15) is 0 Å². The molecule has 2 aromatic rings. The Bertz CT molecular complexity index is 755. The summed E-state index contributed by atoms with van der Waals surface area (Å²) in [5.74, 6) is -0.617. The number of nitrogens with zero attached hydrogens (tertiary/aromatic N) is 2. The van der Waals surface area contributed by atoms with E-state index in [1.54, 1.807) is 23.5 Å². The number of hydrogen-bond donors (Lipinski definition) is 0. The van der Waals surface area contributed by atoms with Crippen molar-refractivity contribution in [2.24, 2.45) is 5.92 Å². The van der Waals surface area contributed by atoms with Crippen LogP contribution in [0.15, 0.2) is 35.7 Å². The van der Waals surface area contributed by atoms with Crippen LogP contribution in [-0.2, 0) is 6.54 Å². The smallest absolute Gasteiger partial charge is 0.162 e. The lowest BCUT2D eigenvalue weighted by Gasteiger charge is -2.51. The Balaban J connectivity index is 1.52. The number of piperidine rings is 3. The predicted octanol–water partition coefficient (Wildman–Crippen LogP) is 4.09. The molecule has 1 aromatic heterocycles. The van der Waals surface area contributed by atoms with Crippen molar-refractivity contribution < 1.29 is 8.78 Å². The molecular formula is C20H22F2N2S. The molecule has 132 valence electrons. The van der Waals surface area contributed by atoms with Gasteiger partial charge in [-0.15, -0.1) is 11.3 Å². The molecule has 5 heteroatoms. The third kappa shape index (κ3) is 2.56. The first-order chi connectivity index (χ1) is 12.2. The van der Waals surface area contributed by atoms with E-state index < -0.39 is 11.6 Å². The van der Waals surface area contributed by atoms with Crippen molar-refractivity contribution in [1.82, 2.24) is 9.80 Å². The fraction of sp³-hybridized carbons (Fsp3) is 0.500. The summed E-state index contributed by atoms with van der Waals surface area (Å²) in [5, 5.41) is 2.11. The first-order valence-electron chi connectivity index (χ1n) is 9.17. The highest BCUT2D eigenvalue weighted by atomic mass is 32.1. The predicted molar refractivity (Wildman–Crippen MR) is 95.7 cm³/mol. The van der Waals surface area contributed by atoms with Gasteiger partial charge in [0.2, 0.25) is 0 Å². The van der Waals surface area contributed by atoms with E-state index >= 15 is 0 Å². The molecule has 4 aliphatic heterocycles. The fourth-order valence-electron chi connectivity index (χ4n) is 5.40. The topological polar surface area (TPSA) is 6.48 Å². The Morgan fingerprint density at radius 2 is 1.88 bits per heavy atom. The zero-order chi connectivity index (χ0) is 17.0. The Labute approximate surface area is 151 Å². The normalized spacial score (nSPS) is 34.4. The number of benzene rings is 1. The monoisotopic (exact) mass is 360 g/mol. The summed E-state index contributed by atoms with van der Waals surface area (Å²) >= 11 is 1.78. The van der Waals surface area contributed by atoms with Crippen LogP contribution in [-0.4, -0.2) is 41.5 Å². The maximum Gasteiger partial charge on any atom is 0.162 e. The van der Waals surface area contributed by atoms with Crippen molar-refractivity contribution in [1.29, 1.82) is 0 Å². The van der Waals surface area contributed by atoms with Gasteiger partial charge in [0, 0.05) is 36.0 Å². The van der Waals surface area contributed by atoms with E-state index in [1.165, 1.54) is 23.8 Å². The van der Waals surface area contributed by atoms with E-state index in [0.29, 0.717) is 23.6 Å². The van der Waals surface area contributed by atoms with Crippen molar-refractivity contribution >= 4 is 11.3 Å². The van der Waals surface area contributed by atoms with Crippen LogP contribution in [0.3, 0.4) is 0 Å². The van der Waals surface area contributed by atoms with Gasteiger partial charge in [0.1, 0.15) is 0 Å². The molecule has 2 nitrogen and oxygen atoms in total. The number of thiophene rings is 1. The maximum atomic E-state index is 14.5. The van der Waals surface area contributed by atoms with Crippen LogP contribution in [0.4, 0.5) is 8.78 Å². The first kappa shape index (κ1) is 15.9. The minimum absolute atomic E-state index is 0.0590. The summed E-state index contributed by atoms with van der Waals surface area (Å²) in [6.07, 6.45) is 2.47. The number of hydrogen-bond acceptors (Lipinski definition) is 3. The first-order valence-corrected chi connectivity index (χ1v) is 10.0. The molecule has 5 heterocycles. The summed E-state index contributed by atoms with van der Waals surface area (Å²) in [4.78, 5) is 6.44. The molecule has 0 N–H and O–H groups in total. The van der Waals surface area contributed by atoms with Crippen LogP contribution >= 0.6 is 11.3 Å². The van der Waals surface area contributed by atoms with Gasteiger partial charge in [-0.05, 0) is 54.9 Å².